The number of hydrogen-bond donors (Lipinski definition) is 0. The highest BCUT2D eigenvalue weighted by atomic mass is 32.2. The fraction of sp³-hybridized carbons (Fsp3) is 0.267. The summed E-state index contributed by atoms with van der Waals surface area (Å²) in [6.07, 6.45) is -2.51. The Bertz CT molecular complexity index is 1810. The molecule has 3 aromatic heterocycles. The van der Waals surface area contributed by atoms with Gasteiger partial charge in [0.2, 0.25) is 5.12 Å². The van der Waals surface area contributed by atoms with Crippen LogP contribution in [0.3, 0.4) is 0 Å². The number of benzene rings is 1. The Labute approximate surface area is 257 Å². The summed E-state index contributed by atoms with van der Waals surface area (Å²) in [5.74, 6) is 2.31. The smallest absolute Gasteiger partial charge is 0.280 e. The van der Waals surface area contributed by atoms with Crippen LogP contribution in [0.4, 0.5) is 32.2 Å². The number of halogens is 6. The highest BCUT2D eigenvalue weighted by Crippen LogP contribution is 2.42. The maximum atomic E-state index is 13.8. The van der Waals surface area contributed by atoms with Gasteiger partial charge in [-0.1, -0.05) is 12.0 Å². The van der Waals surface area contributed by atoms with Crippen molar-refractivity contribution in [2.45, 2.75) is 43.2 Å². The van der Waals surface area contributed by atoms with Gasteiger partial charge >= 0.3 is 0 Å². The van der Waals surface area contributed by atoms with Crippen LogP contribution in [0.25, 0.3) is 22.4 Å². The van der Waals surface area contributed by atoms with Crippen LogP contribution in [-0.4, -0.2) is 56.0 Å². The summed E-state index contributed by atoms with van der Waals surface area (Å²) in [7, 11) is 1.31. The molecule has 232 valence electrons. The normalized spacial score (nSPS) is 14.2. The van der Waals surface area contributed by atoms with Gasteiger partial charge in [-0.2, -0.15) is 5.10 Å². The molecular weight excluding hydrogens is 622 g/mol. The third kappa shape index (κ3) is 7.34. The van der Waals surface area contributed by atoms with Crippen molar-refractivity contribution in [3.8, 4) is 40.0 Å². The summed E-state index contributed by atoms with van der Waals surface area (Å²) in [6, 6.07) is 7.06. The highest BCUT2D eigenvalue weighted by molar-refractivity contribution is 8.14. The van der Waals surface area contributed by atoms with Crippen LogP contribution in [0.15, 0.2) is 58.9 Å². The van der Waals surface area contributed by atoms with Crippen molar-refractivity contribution >= 4 is 29.4 Å². The van der Waals surface area contributed by atoms with Gasteiger partial charge in [-0.05, 0) is 54.2 Å². The Morgan fingerprint density at radius 2 is 1.93 bits per heavy atom. The fourth-order valence-electron chi connectivity index (χ4n) is 4.50. The SMILES string of the molecule is C=Nc1ncc(C#CC2CC(F)(F)C2)nc1SC(=O)c1ccc(-c2ccn(CC(F)F)n2)cc1-c1cc(C(F)F)ncc1OC. The highest BCUT2D eigenvalue weighted by Gasteiger charge is 2.44. The molecule has 0 N–H and O–H groups in total. The van der Waals surface area contributed by atoms with E-state index < -0.39 is 42.0 Å². The number of carbonyl (C=O) groups is 1. The van der Waals surface area contributed by atoms with E-state index in [1.54, 1.807) is 0 Å². The van der Waals surface area contributed by atoms with E-state index in [4.69, 9.17) is 4.74 Å². The molecule has 1 saturated carbocycles. The number of aliphatic imine (C=N–C) groups is 1. The lowest BCUT2D eigenvalue weighted by molar-refractivity contribution is -0.0936. The Morgan fingerprint density at radius 3 is 2.60 bits per heavy atom. The molecule has 0 atom stereocenters. The number of pyridine rings is 1. The molecular formula is C30H22F6N6O2S. The van der Waals surface area contributed by atoms with Gasteiger partial charge < -0.3 is 4.74 Å². The molecule has 5 rings (SSSR count). The van der Waals surface area contributed by atoms with Crippen molar-refractivity contribution in [1.29, 1.82) is 0 Å². The Morgan fingerprint density at radius 1 is 1.16 bits per heavy atom. The average molecular weight is 645 g/mol. The van der Waals surface area contributed by atoms with Gasteiger partial charge in [0.1, 0.15) is 23.7 Å². The Hall–Kier alpha value is -4.71. The van der Waals surface area contributed by atoms with Crippen LogP contribution in [0.2, 0.25) is 0 Å². The van der Waals surface area contributed by atoms with Gasteiger partial charge in [-0.25, -0.2) is 41.3 Å². The average Bonchev–Trinajstić information content (AvgIpc) is 3.46. The van der Waals surface area contributed by atoms with Gasteiger partial charge in [0.15, 0.2) is 10.8 Å². The number of thioether (sulfide) groups is 1. The lowest BCUT2D eigenvalue weighted by atomic mass is 9.82. The van der Waals surface area contributed by atoms with Crippen molar-refractivity contribution in [2.75, 3.05) is 7.11 Å². The molecule has 4 aromatic rings. The van der Waals surface area contributed by atoms with Gasteiger partial charge in [0, 0.05) is 41.6 Å². The number of aromatic nitrogens is 5. The van der Waals surface area contributed by atoms with Crippen LogP contribution in [0.5, 0.6) is 5.75 Å². The second-order valence-electron chi connectivity index (χ2n) is 9.85. The predicted molar refractivity (Wildman–Crippen MR) is 154 cm³/mol. The van der Waals surface area contributed by atoms with Crippen molar-refractivity contribution < 1.29 is 35.9 Å². The molecule has 8 nitrogen and oxygen atoms in total. The number of hydrogen-bond acceptors (Lipinski definition) is 8. The van der Waals surface area contributed by atoms with Crippen LogP contribution in [-0.2, 0) is 6.54 Å². The van der Waals surface area contributed by atoms with E-state index in [-0.39, 0.29) is 51.8 Å². The first-order valence-corrected chi connectivity index (χ1v) is 14.0. The maximum Gasteiger partial charge on any atom is 0.280 e. The monoisotopic (exact) mass is 644 g/mol. The lowest BCUT2D eigenvalue weighted by Crippen LogP contribution is -2.34. The first-order chi connectivity index (χ1) is 21.5. The number of carbonyl (C=O) groups excluding carboxylic acids is 1. The summed E-state index contributed by atoms with van der Waals surface area (Å²) >= 11 is 0.619. The third-order valence-corrected chi connectivity index (χ3v) is 7.55. The van der Waals surface area contributed by atoms with Crippen LogP contribution < -0.4 is 4.74 Å². The summed E-state index contributed by atoms with van der Waals surface area (Å²) < 4.78 is 85.9. The zero-order chi connectivity index (χ0) is 32.3. The van der Waals surface area contributed by atoms with Gasteiger partial charge in [0.25, 0.3) is 18.8 Å². The minimum absolute atomic E-state index is 0.0123. The van der Waals surface area contributed by atoms with E-state index in [2.05, 4.69) is 43.6 Å². The molecule has 0 saturated heterocycles. The minimum atomic E-state index is -2.93. The van der Waals surface area contributed by atoms with E-state index in [9.17, 15) is 31.1 Å². The summed E-state index contributed by atoms with van der Waals surface area (Å²) in [5, 5.41) is 3.58. The summed E-state index contributed by atoms with van der Waals surface area (Å²) in [5.41, 5.74) is 0.589. The van der Waals surface area contributed by atoms with E-state index in [0.717, 1.165) is 16.9 Å². The fourth-order valence-corrected chi connectivity index (χ4v) is 5.32. The molecule has 3 heterocycles. The zero-order valence-corrected chi connectivity index (χ0v) is 24.2. The first kappa shape index (κ1) is 31.7. The van der Waals surface area contributed by atoms with E-state index in [0.29, 0.717) is 23.0 Å². The van der Waals surface area contributed by atoms with E-state index in [1.807, 2.05) is 0 Å². The Kier molecular flexibility index (Phi) is 9.24. The number of alkyl halides is 6. The molecule has 1 aromatic carbocycles. The maximum absolute atomic E-state index is 13.8. The number of nitrogens with zero attached hydrogens (tertiary/aromatic N) is 6. The molecule has 1 fully saturated rings. The van der Waals surface area contributed by atoms with Gasteiger partial charge in [0.05, 0.1) is 25.2 Å². The van der Waals surface area contributed by atoms with Gasteiger partial charge in [-0.15, -0.1) is 0 Å². The Balaban J connectivity index is 1.55. The van der Waals surface area contributed by atoms with Crippen molar-refractivity contribution in [3.63, 3.8) is 0 Å². The molecule has 0 spiro atoms. The topological polar surface area (TPSA) is 95.2 Å². The van der Waals surface area contributed by atoms with E-state index in [1.165, 1.54) is 43.8 Å². The largest absolute Gasteiger partial charge is 0.494 e. The number of ether oxygens (including phenoxy) is 1. The van der Waals surface area contributed by atoms with Crippen LogP contribution in [0, 0.1) is 17.8 Å². The lowest BCUT2D eigenvalue weighted by Gasteiger charge is -2.31. The second kappa shape index (κ2) is 13.1. The minimum Gasteiger partial charge on any atom is -0.494 e. The molecule has 0 bridgehead atoms. The third-order valence-electron chi connectivity index (χ3n) is 6.68. The molecule has 0 amide bonds. The van der Waals surface area contributed by atoms with Crippen molar-refractivity contribution in [2.24, 2.45) is 10.9 Å². The molecule has 0 aliphatic heterocycles. The zero-order valence-electron chi connectivity index (χ0n) is 23.4. The summed E-state index contributed by atoms with van der Waals surface area (Å²) in [6.45, 7) is 2.81. The van der Waals surface area contributed by atoms with Gasteiger partial charge in [-0.3, -0.25) is 14.5 Å². The molecule has 0 radical (unpaired) electrons. The standard InChI is InChI=1S/C30H22F6N6O2S/c1-37-27-28(40-18(13-39-27)5-3-16-11-30(35,36)12-16)45-29(43)19-6-4-17(22-7-8-42(41-22)15-25(31)32)9-20(19)21-10-23(26(33)34)38-14-24(21)44-2/h4,6-10,13-14,16,25-26H,1,11-12,15H2,2H3. The number of rotatable bonds is 9. The predicted octanol–water partition coefficient (Wildman–Crippen LogP) is 7.27. The van der Waals surface area contributed by atoms with Crippen molar-refractivity contribution in [1.82, 2.24) is 24.7 Å². The first-order valence-electron chi connectivity index (χ1n) is 13.2. The van der Waals surface area contributed by atoms with Crippen LogP contribution >= 0.6 is 11.8 Å². The molecule has 1 aliphatic carbocycles. The molecule has 1 aliphatic rings. The van der Waals surface area contributed by atoms with Crippen LogP contribution in [0.1, 0.15) is 41.0 Å². The molecule has 15 heteroatoms. The number of methoxy groups -OCH3 is 1. The molecule has 45 heavy (non-hydrogen) atoms. The summed E-state index contributed by atoms with van der Waals surface area (Å²) in [4.78, 5) is 29.7. The molecule has 0 unspecified atom stereocenters. The van der Waals surface area contributed by atoms with Crippen molar-refractivity contribution in [3.05, 3.63) is 65.9 Å². The quantitative estimate of drug-likeness (QED) is 0.0819. The van der Waals surface area contributed by atoms with E-state index >= 15 is 0 Å². The second-order valence-corrected chi connectivity index (χ2v) is 10.8.